The van der Waals surface area contributed by atoms with Crippen LogP contribution in [0.25, 0.3) is 33.3 Å². The zero-order chi connectivity index (χ0) is 20.5. The number of benzene rings is 1. The summed E-state index contributed by atoms with van der Waals surface area (Å²) < 4.78 is 1.98. The van der Waals surface area contributed by atoms with E-state index < -0.39 is 0 Å². The van der Waals surface area contributed by atoms with Gasteiger partial charge in [-0.15, -0.1) is 0 Å². The van der Waals surface area contributed by atoms with E-state index >= 15 is 0 Å². The van der Waals surface area contributed by atoms with Crippen LogP contribution in [0.5, 0.6) is 0 Å². The molecule has 0 fully saturated rings. The van der Waals surface area contributed by atoms with Crippen LogP contribution in [0.2, 0.25) is 0 Å². The molecule has 0 spiro atoms. The van der Waals surface area contributed by atoms with Gasteiger partial charge in [-0.3, -0.25) is 4.79 Å². The number of anilines is 1. The minimum atomic E-state index is -0.346. The Morgan fingerprint density at radius 1 is 1.41 bits per heavy atom. The first-order valence-electron chi connectivity index (χ1n) is 9.29. The number of hydrogen-bond donors (Lipinski definition) is 3. The predicted molar refractivity (Wildman–Crippen MR) is 114 cm³/mol. The van der Waals surface area contributed by atoms with E-state index in [0.717, 1.165) is 44.7 Å². The normalized spacial score (nSPS) is 12.8. The number of aliphatic hydroxyl groups excluding tert-OH is 1. The summed E-state index contributed by atoms with van der Waals surface area (Å²) >= 11 is 0. The number of nitrogens with one attached hydrogen (secondary N) is 2. The number of nitrogens with zero attached hydrogens (tertiary/aromatic N) is 4. The van der Waals surface area contributed by atoms with Crippen molar-refractivity contribution in [3.63, 3.8) is 0 Å². The number of imidazole rings is 1. The maximum Gasteiger partial charge on any atom is 0.242 e. The van der Waals surface area contributed by atoms with E-state index in [1.54, 1.807) is 6.33 Å². The number of pyridine rings is 1. The summed E-state index contributed by atoms with van der Waals surface area (Å²) in [4.78, 5) is 27.5. The Morgan fingerprint density at radius 3 is 2.97 bits per heavy atom. The average Bonchev–Trinajstić information content (AvgIpc) is 3.31. The van der Waals surface area contributed by atoms with Crippen LogP contribution in [0, 0.1) is 0 Å². The Balaban J connectivity index is 1.82. The molecule has 3 heterocycles. The van der Waals surface area contributed by atoms with Crippen molar-refractivity contribution in [1.29, 1.82) is 0 Å². The molecule has 29 heavy (non-hydrogen) atoms. The molecule has 148 valence electrons. The molecule has 0 aliphatic rings. The van der Waals surface area contributed by atoms with Crippen LogP contribution in [0.1, 0.15) is 18.4 Å². The predicted octanol–water partition coefficient (Wildman–Crippen LogP) is 2.85. The Hall–Kier alpha value is -3.52. The fourth-order valence-electron chi connectivity index (χ4n) is 3.50. The van der Waals surface area contributed by atoms with Gasteiger partial charge in [0, 0.05) is 44.2 Å². The summed E-state index contributed by atoms with van der Waals surface area (Å²) in [7, 11) is 3.79. The molecular weight excluding hydrogens is 368 g/mol. The Morgan fingerprint density at radius 2 is 2.24 bits per heavy atom. The highest BCUT2D eigenvalue weighted by Gasteiger charge is 2.16. The number of amides is 1. The van der Waals surface area contributed by atoms with E-state index in [0.29, 0.717) is 0 Å². The second-order valence-corrected chi connectivity index (χ2v) is 6.92. The number of carbonyl (C=O) groups excluding carboxylic acids is 1. The summed E-state index contributed by atoms with van der Waals surface area (Å²) in [6.07, 6.45) is 3.27. The van der Waals surface area contributed by atoms with E-state index in [9.17, 15) is 9.90 Å². The van der Waals surface area contributed by atoms with Gasteiger partial charge in [-0.05, 0) is 23.3 Å². The standard InChI is InChI=1S/C21H22N6O2/c1-12(29)23-9-15(10-28)13-5-4-6-14(7-13)17-8-16-19-18(24-11-27(19)3)21(22-2)26-20(16)25-17/h4-9,11,15,28H,10H2,1-3H3,(H2,22,25,26). The maximum absolute atomic E-state index is 11.1. The lowest BCUT2D eigenvalue weighted by molar-refractivity contribution is -0.115. The summed E-state index contributed by atoms with van der Waals surface area (Å²) in [5.41, 5.74) is 5.33. The van der Waals surface area contributed by atoms with Crippen molar-refractivity contribution in [3.8, 4) is 11.3 Å². The number of aromatic amines is 1. The second-order valence-electron chi connectivity index (χ2n) is 6.92. The zero-order valence-electron chi connectivity index (χ0n) is 16.5. The van der Waals surface area contributed by atoms with E-state index in [4.69, 9.17) is 0 Å². The fourth-order valence-corrected chi connectivity index (χ4v) is 3.50. The highest BCUT2D eigenvalue weighted by Crippen LogP contribution is 2.32. The van der Waals surface area contributed by atoms with Crippen LogP contribution in [-0.4, -0.2) is 50.4 Å². The molecule has 4 aromatic rings. The van der Waals surface area contributed by atoms with Gasteiger partial charge in [0.2, 0.25) is 5.91 Å². The molecule has 1 unspecified atom stereocenters. The molecule has 0 radical (unpaired) electrons. The number of hydrogen-bond acceptors (Lipinski definition) is 5. The number of rotatable bonds is 5. The van der Waals surface area contributed by atoms with Crippen LogP contribution in [0.4, 0.5) is 5.82 Å². The third kappa shape index (κ3) is 3.38. The third-order valence-electron chi connectivity index (χ3n) is 4.93. The molecule has 8 nitrogen and oxygen atoms in total. The number of fused-ring (bicyclic) bond motifs is 3. The summed E-state index contributed by atoms with van der Waals surface area (Å²) in [6.45, 7) is 1.26. The summed E-state index contributed by atoms with van der Waals surface area (Å²) in [5, 5.41) is 13.8. The second kappa shape index (κ2) is 7.48. The lowest BCUT2D eigenvalue weighted by Crippen LogP contribution is -2.06. The molecule has 4 rings (SSSR count). The molecule has 0 aliphatic heterocycles. The van der Waals surface area contributed by atoms with E-state index in [2.05, 4.69) is 31.3 Å². The first kappa shape index (κ1) is 18.8. The largest absolute Gasteiger partial charge is 0.395 e. The number of aromatic nitrogens is 4. The fraction of sp³-hybridized carbons (Fsp3) is 0.238. The number of aliphatic imine (C=N–C) groups is 1. The van der Waals surface area contributed by atoms with Crippen LogP contribution < -0.4 is 5.32 Å². The first-order chi connectivity index (χ1) is 14.0. The molecule has 0 bridgehead atoms. The number of carbonyl (C=O) groups is 1. The molecule has 0 saturated carbocycles. The first-order valence-corrected chi connectivity index (χ1v) is 9.29. The quantitative estimate of drug-likeness (QED) is 0.454. The van der Waals surface area contributed by atoms with E-state index in [1.807, 2.05) is 42.9 Å². The van der Waals surface area contributed by atoms with Gasteiger partial charge in [-0.2, -0.15) is 0 Å². The molecule has 1 atom stereocenters. The Labute approximate surface area is 167 Å². The van der Waals surface area contributed by atoms with Crippen molar-refractivity contribution >= 4 is 40.0 Å². The molecule has 1 amide bonds. The van der Waals surface area contributed by atoms with Crippen molar-refractivity contribution < 1.29 is 9.90 Å². The lowest BCUT2D eigenvalue weighted by Gasteiger charge is -2.10. The number of aryl methyl sites for hydroxylation is 1. The minimum absolute atomic E-state index is 0.129. The number of H-pyrrole nitrogens is 1. The molecule has 3 aromatic heterocycles. The van der Waals surface area contributed by atoms with Crippen LogP contribution in [-0.2, 0) is 11.8 Å². The molecule has 0 aliphatic carbocycles. The van der Waals surface area contributed by atoms with Crippen molar-refractivity contribution in [2.24, 2.45) is 12.0 Å². The Bertz CT molecular complexity index is 1240. The molecule has 1 aromatic carbocycles. The van der Waals surface area contributed by atoms with Gasteiger partial charge in [0.1, 0.15) is 11.2 Å². The van der Waals surface area contributed by atoms with Crippen molar-refractivity contribution in [2.75, 3.05) is 19.0 Å². The van der Waals surface area contributed by atoms with Gasteiger partial charge in [0.05, 0.1) is 18.5 Å². The average molecular weight is 390 g/mol. The van der Waals surface area contributed by atoms with Crippen LogP contribution >= 0.6 is 0 Å². The monoisotopic (exact) mass is 390 g/mol. The topological polar surface area (TPSA) is 108 Å². The molecule has 8 heteroatoms. The summed E-state index contributed by atoms with van der Waals surface area (Å²) in [6, 6.07) is 9.87. The van der Waals surface area contributed by atoms with Crippen molar-refractivity contribution in [1.82, 2.24) is 19.5 Å². The smallest absolute Gasteiger partial charge is 0.242 e. The van der Waals surface area contributed by atoms with Crippen LogP contribution in [0.15, 0.2) is 41.7 Å². The molecular formula is C21H22N6O2. The molecule has 3 N–H and O–H groups in total. The van der Waals surface area contributed by atoms with E-state index in [-0.39, 0.29) is 18.4 Å². The molecule has 0 saturated heterocycles. The van der Waals surface area contributed by atoms with Gasteiger partial charge >= 0.3 is 0 Å². The number of aliphatic hydroxyl groups is 1. The third-order valence-corrected chi connectivity index (χ3v) is 4.93. The van der Waals surface area contributed by atoms with Gasteiger partial charge in [0.25, 0.3) is 0 Å². The van der Waals surface area contributed by atoms with Crippen LogP contribution in [0.3, 0.4) is 0 Å². The minimum Gasteiger partial charge on any atom is -0.395 e. The van der Waals surface area contributed by atoms with Gasteiger partial charge in [-0.25, -0.2) is 15.0 Å². The highest BCUT2D eigenvalue weighted by molar-refractivity contribution is 6.07. The van der Waals surface area contributed by atoms with Crippen molar-refractivity contribution in [2.45, 2.75) is 12.8 Å². The Kier molecular flexibility index (Phi) is 4.85. The maximum atomic E-state index is 11.1. The highest BCUT2D eigenvalue weighted by atomic mass is 16.3. The SMILES string of the molecule is CNc1nc2[nH]c(-c3cccc(C(C=NC(C)=O)CO)c3)cc2c2c1ncn2C. The van der Waals surface area contributed by atoms with E-state index in [1.165, 1.54) is 13.1 Å². The van der Waals surface area contributed by atoms with Gasteiger partial charge < -0.3 is 20.0 Å². The van der Waals surface area contributed by atoms with Gasteiger partial charge in [0.15, 0.2) is 5.82 Å². The zero-order valence-corrected chi connectivity index (χ0v) is 16.5. The van der Waals surface area contributed by atoms with Gasteiger partial charge in [-0.1, -0.05) is 18.2 Å². The summed E-state index contributed by atoms with van der Waals surface area (Å²) in [5.74, 6) is 0.0823. The lowest BCUT2D eigenvalue weighted by atomic mass is 9.98. The van der Waals surface area contributed by atoms with Crippen molar-refractivity contribution in [3.05, 3.63) is 42.2 Å².